The predicted molar refractivity (Wildman–Crippen MR) is 81.6 cm³/mol. The molecule has 1 N–H and O–H groups in total. The van der Waals surface area contributed by atoms with E-state index in [1.54, 1.807) is 0 Å². The third-order valence-electron chi connectivity index (χ3n) is 3.81. The fraction of sp³-hybridized carbons (Fsp3) is 0.312. The second-order valence-electron chi connectivity index (χ2n) is 5.53. The molecule has 5 nitrogen and oxygen atoms in total. The van der Waals surface area contributed by atoms with Crippen LogP contribution in [-0.4, -0.2) is 35.0 Å². The minimum atomic E-state index is -4.61. The van der Waals surface area contributed by atoms with Gasteiger partial charge in [0.25, 0.3) is 5.91 Å². The topological polar surface area (TPSA) is 58.1 Å². The zero-order chi connectivity index (χ0) is 17.2. The number of benzene rings is 1. The molecule has 0 saturated carbocycles. The average Bonchev–Trinajstić information content (AvgIpc) is 3.03. The number of hydrogen-bond acceptors (Lipinski definition) is 4. The van der Waals surface area contributed by atoms with Crippen LogP contribution in [0.2, 0.25) is 0 Å². The fourth-order valence-electron chi connectivity index (χ4n) is 2.61. The molecule has 1 saturated heterocycles. The van der Waals surface area contributed by atoms with Crippen LogP contribution < -0.4 is 10.2 Å². The number of nitrogens with one attached hydrogen (secondary N) is 1. The summed E-state index contributed by atoms with van der Waals surface area (Å²) in [5, 5.41) is 2.81. The highest BCUT2D eigenvalue weighted by Gasteiger charge is 2.34. The van der Waals surface area contributed by atoms with Crippen molar-refractivity contribution in [1.82, 2.24) is 15.3 Å². The Balaban J connectivity index is 1.60. The van der Waals surface area contributed by atoms with Crippen LogP contribution in [0.5, 0.6) is 0 Å². The highest BCUT2D eigenvalue weighted by atomic mass is 19.4. The fourth-order valence-corrected chi connectivity index (χ4v) is 2.61. The Bertz CT molecular complexity index is 704. The molecule has 0 bridgehead atoms. The predicted octanol–water partition coefficient (Wildman–Crippen LogP) is 2.50. The van der Waals surface area contributed by atoms with E-state index in [1.807, 2.05) is 30.3 Å². The molecule has 8 heteroatoms. The standard InChI is InChI=1S/C16H15F3N4O/c17-16(18,19)15-20-8-11(9-21-15)14(24)22-12-6-7-23(10-12)13-4-2-1-3-5-13/h1-5,8-9,12H,6-7,10H2,(H,22,24)/t12-/m0/s1. The molecule has 1 aliphatic heterocycles. The van der Waals surface area contributed by atoms with Gasteiger partial charge >= 0.3 is 6.18 Å². The Kier molecular flexibility index (Phi) is 4.37. The van der Waals surface area contributed by atoms with Crippen LogP contribution in [0.1, 0.15) is 22.6 Å². The maximum absolute atomic E-state index is 12.4. The van der Waals surface area contributed by atoms with Gasteiger partial charge in [0.1, 0.15) is 0 Å². The summed E-state index contributed by atoms with van der Waals surface area (Å²) in [6.45, 7) is 1.45. The number of halogens is 3. The summed E-state index contributed by atoms with van der Waals surface area (Å²) in [7, 11) is 0. The van der Waals surface area contributed by atoms with Crippen molar-refractivity contribution in [3.05, 3.63) is 54.1 Å². The van der Waals surface area contributed by atoms with Crippen LogP contribution in [0.25, 0.3) is 0 Å². The number of carbonyl (C=O) groups excluding carboxylic acids is 1. The van der Waals surface area contributed by atoms with Crippen LogP contribution in [0.15, 0.2) is 42.7 Å². The SMILES string of the molecule is O=C(N[C@H]1CCN(c2ccccc2)C1)c1cnc(C(F)(F)F)nc1. The van der Waals surface area contributed by atoms with Crippen LogP contribution in [0.4, 0.5) is 18.9 Å². The van der Waals surface area contributed by atoms with E-state index in [0.717, 1.165) is 31.0 Å². The van der Waals surface area contributed by atoms with Gasteiger partial charge in [-0.1, -0.05) is 18.2 Å². The second-order valence-corrected chi connectivity index (χ2v) is 5.53. The molecule has 2 heterocycles. The Morgan fingerprint density at radius 1 is 1.17 bits per heavy atom. The zero-order valence-corrected chi connectivity index (χ0v) is 12.6. The number of hydrogen-bond donors (Lipinski definition) is 1. The Labute approximate surface area is 136 Å². The molecule has 126 valence electrons. The summed E-state index contributed by atoms with van der Waals surface area (Å²) in [4.78, 5) is 20.7. The van der Waals surface area contributed by atoms with Crippen molar-refractivity contribution in [1.29, 1.82) is 0 Å². The first kappa shape index (κ1) is 16.2. The highest BCUT2D eigenvalue weighted by molar-refractivity contribution is 5.93. The summed E-state index contributed by atoms with van der Waals surface area (Å²) in [5.41, 5.74) is 1.09. The van der Waals surface area contributed by atoms with Gasteiger partial charge < -0.3 is 10.2 Å². The zero-order valence-electron chi connectivity index (χ0n) is 12.6. The van der Waals surface area contributed by atoms with E-state index in [-0.39, 0.29) is 11.6 Å². The molecular formula is C16H15F3N4O. The first-order valence-corrected chi connectivity index (χ1v) is 7.43. The minimum absolute atomic E-state index is 0.0150. The van der Waals surface area contributed by atoms with Crippen molar-refractivity contribution in [3.63, 3.8) is 0 Å². The quantitative estimate of drug-likeness (QED) is 0.936. The van der Waals surface area contributed by atoms with Gasteiger partial charge in [-0.15, -0.1) is 0 Å². The van der Waals surface area contributed by atoms with E-state index in [0.29, 0.717) is 6.54 Å². The van der Waals surface area contributed by atoms with Gasteiger partial charge in [0.05, 0.1) is 5.56 Å². The lowest BCUT2D eigenvalue weighted by molar-refractivity contribution is -0.145. The third-order valence-corrected chi connectivity index (χ3v) is 3.81. The van der Waals surface area contributed by atoms with Crippen molar-refractivity contribution in [2.75, 3.05) is 18.0 Å². The van der Waals surface area contributed by atoms with E-state index in [1.165, 1.54) is 0 Å². The smallest absolute Gasteiger partial charge is 0.369 e. The Morgan fingerprint density at radius 2 is 1.83 bits per heavy atom. The number of carbonyl (C=O) groups is 1. The third kappa shape index (κ3) is 3.64. The molecule has 24 heavy (non-hydrogen) atoms. The van der Waals surface area contributed by atoms with Crippen molar-refractivity contribution in [2.45, 2.75) is 18.6 Å². The number of alkyl halides is 3. The van der Waals surface area contributed by atoms with E-state index in [2.05, 4.69) is 20.2 Å². The number of rotatable bonds is 3. The Hall–Kier alpha value is -2.64. The molecule has 0 aliphatic carbocycles. The van der Waals surface area contributed by atoms with E-state index >= 15 is 0 Å². The molecule has 1 fully saturated rings. The molecule has 0 unspecified atom stereocenters. The van der Waals surface area contributed by atoms with Crippen molar-refractivity contribution in [2.24, 2.45) is 0 Å². The minimum Gasteiger partial charge on any atom is -0.369 e. The normalized spacial score (nSPS) is 17.8. The molecule has 1 aromatic heterocycles. The van der Waals surface area contributed by atoms with Crippen molar-refractivity contribution in [3.8, 4) is 0 Å². The van der Waals surface area contributed by atoms with E-state index in [4.69, 9.17) is 0 Å². The van der Waals surface area contributed by atoms with Gasteiger partial charge in [0.2, 0.25) is 5.82 Å². The largest absolute Gasteiger partial charge is 0.451 e. The molecule has 1 atom stereocenters. The Morgan fingerprint density at radius 3 is 2.46 bits per heavy atom. The molecule has 3 rings (SSSR count). The lowest BCUT2D eigenvalue weighted by Crippen LogP contribution is -2.37. The summed E-state index contributed by atoms with van der Waals surface area (Å²) in [6, 6.07) is 9.74. The summed E-state index contributed by atoms with van der Waals surface area (Å²) >= 11 is 0. The van der Waals surface area contributed by atoms with Crippen LogP contribution in [0, 0.1) is 0 Å². The van der Waals surface area contributed by atoms with E-state index in [9.17, 15) is 18.0 Å². The number of para-hydroxylation sites is 1. The molecule has 2 aromatic rings. The molecule has 0 radical (unpaired) electrons. The average molecular weight is 336 g/mol. The van der Waals surface area contributed by atoms with Crippen molar-refractivity contribution < 1.29 is 18.0 Å². The molecule has 0 spiro atoms. The van der Waals surface area contributed by atoms with Crippen LogP contribution in [-0.2, 0) is 6.18 Å². The van der Waals surface area contributed by atoms with E-state index < -0.39 is 17.9 Å². The molecule has 1 aromatic carbocycles. The van der Waals surface area contributed by atoms with Crippen LogP contribution in [0.3, 0.4) is 0 Å². The first-order valence-electron chi connectivity index (χ1n) is 7.43. The van der Waals surface area contributed by atoms with Gasteiger partial charge in [-0.25, -0.2) is 9.97 Å². The summed E-state index contributed by atoms with van der Waals surface area (Å²) in [6.07, 6.45) is -2.05. The number of nitrogens with zero attached hydrogens (tertiary/aromatic N) is 3. The highest BCUT2D eigenvalue weighted by Crippen LogP contribution is 2.25. The van der Waals surface area contributed by atoms with Gasteiger partial charge in [0, 0.05) is 37.2 Å². The summed E-state index contributed by atoms with van der Waals surface area (Å²) in [5.74, 6) is -1.72. The lowest BCUT2D eigenvalue weighted by Gasteiger charge is -2.19. The van der Waals surface area contributed by atoms with Crippen LogP contribution >= 0.6 is 0 Å². The number of anilines is 1. The lowest BCUT2D eigenvalue weighted by atomic mass is 10.2. The van der Waals surface area contributed by atoms with Gasteiger partial charge in [-0.3, -0.25) is 4.79 Å². The molecule has 1 amide bonds. The van der Waals surface area contributed by atoms with Gasteiger partial charge in [-0.2, -0.15) is 13.2 Å². The maximum Gasteiger partial charge on any atom is 0.451 e. The van der Waals surface area contributed by atoms with Gasteiger partial charge in [-0.05, 0) is 18.6 Å². The maximum atomic E-state index is 12.4. The monoisotopic (exact) mass is 336 g/mol. The second kappa shape index (κ2) is 6.46. The number of aromatic nitrogens is 2. The van der Waals surface area contributed by atoms with Crippen molar-refractivity contribution >= 4 is 11.6 Å². The van der Waals surface area contributed by atoms with Gasteiger partial charge in [0.15, 0.2) is 0 Å². The summed E-state index contributed by atoms with van der Waals surface area (Å²) < 4.78 is 37.3. The first-order chi connectivity index (χ1) is 11.4. The number of amides is 1. The molecule has 1 aliphatic rings. The molecular weight excluding hydrogens is 321 g/mol.